The highest BCUT2D eigenvalue weighted by molar-refractivity contribution is 7.85. The van der Waals surface area contributed by atoms with Gasteiger partial charge in [-0.05, 0) is 102 Å². The van der Waals surface area contributed by atoms with E-state index in [1.807, 2.05) is 12.1 Å². The normalized spacial score (nSPS) is 12.7. The Morgan fingerprint density at radius 3 is 1.25 bits per heavy atom. The van der Waals surface area contributed by atoms with Crippen molar-refractivity contribution in [1.82, 2.24) is 10.6 Å². The van der Waals surface area contributed by atoms with E-state index >= 15 is 0 Å². The van der Waals surface area contributed by atoms with Crippen LogP contribution in [-0.2, 0) is 31.8 Å². The summed E-state index contributed by atoms with van der Waals surface area (Å²) in [6, 6.07) is 16.3. The number of hydrogen-bond acceptors (Lipinski definition) is 6. The van der Waals surface area contributed by atoms with Crippen LogP contribution in [0.3, 0.4) is 0 Å². The van der Waals surface area contributed by atoms with Gasteiger partial charge in [0.2, 0.25) is 0 Å². The van der Waals surface area contributed by atoms with Gasteiger partial charge in [-0.25, -0.2) is 0 Å². The van der Waals surface area contributed by atoms with Crippen LogP contribution in [0.2, 0.25) is 0 Å². The number of hydrogen-bond donors (Lipinski definition) is 3. The predicted molar refractivity (Wildman–Crippen MR) is 227 cm³/mol. The Morgan fingerprint density at radius 2 is 0.929 bits per heavy atom. The minimum Gasteiger partial charge on any atom is -0.493 e. The van der Waals surface area contributed by atoms with Gasteiger partial charge >= 0.3 is 0 Å². The molecule has 0 radical (unpaired) electrons. The van der Waals surface area contributed by atoms with Crippen molar-refractivity contribution in [1.29, 1.82) is 0 Å². The lowest BCUT2D eigenvalue weighted by molar-refractivity contribution is 0.0950. The van der Waals surface area contributed by atoms with Crippen molar-refractivity contribution in [3.63, 3.8) is 0 Å². The number of rotatable bonds is 21. The smallest absolute Gasteiger partial charge is 0.294 e. The zero-order chi connectivity index (χ0) is 42.1. The predicted octanol–water partition coefficient (Wildman–Crippen LogP) is 10.1. The third-order valence-corrected chi connectivity index (χ3v) is 12.8. The molecule has 56 heavy (non-hydrogen) atoms. The van der Waals surface area contributed by atoms with Crippen LogP contribution >= 0.6 is 0 Å². The zero-order valence-electron chi connectivity index (χ0n) is 36.1. The molecular weight excluding hydrogens is 725 g/mol. The van der Waals surface area contributed by atoms with Crippen LogP contribution in [0.15, 0.2) is 59.5 Å². The Bertz CT molecular complexity index is 1810. The summed E-state index contributed by atoms with van der Waals surface area (Å²) >= 11 is 0. The van der Waals surface area contributed by atoms with E-state index in [1.54, 1.807) is 0 Å². The van der Waals surface area contributed by atoms with Crippen LogP contribution < -0.4 is 20.1 Å². The fourth-order valence-electron chi connectivity index (χ4n) is 6.13. The van der Waals surface area contributed by atoms with Gasteiger partial charge in [0.15, 0.2) is 0 Å². The molecule has 0 aliphatic carbocycles. The van der Waals surface area contributed by atoms with E-state index in [-0.39, 0.29) is 45.9 Å². The molecule has 0 heterocycles. The quantitative estimate of drug-likeness (QED) is 0.0723. The summed E-state index contributed by atoms with van der Waals surface area (Å²) in [6.07, 6.45) is 4.90. The van der Waals surface area contributed by atoms with Gasteiger partial charge in [0.1, 0.15) is 11.5 Å². The molecule has 0 aliphatic heterocycles. The number of carbonyl (C=O) groups excluding carboxylic acids is 2. The first-order valence-corrected chi connectivity index (χ1v) is 21.7. The lowest BCUT2D eigenvalue weighted by atomic mass is 9.76. The molecule has 2 amide bonds. The van der Waals surface area contributed by atoms with E-state index < -0.39 is 26.8 Å². The zero-order valence-corrected chi connectivity index (χ0v) is 36.9. The third kappa shape index (κ3) is 12.1. The van der Waals surface area contributed by atoms with Crippen molar-refractivity contribution in [2.24, 2.45) is 0 Å². The fraction of sp³-hybridized carbons (Fsp3) is 0.565. The van der Waals surface area contributed by atoms with Crippen molar-refractivity contribution in [3.8, 4) is 11.5 Å². The molecule has 0 aliphatic rings. The lowest BCUT2D eigenvalue weighted by Crippen LogP contribution is -2.28. The van der Waals surface area contributed by atoms with Crippen LogP contribution in [0.1, 0.15) is 165 Å². The van der Waals surface area contributed by atoms with Crippen molar-refractivity contribution >= 4 is 21.9 Å². The van der Waals surface area contributed by atoms with Gasteiger partial charge in [0, 0.05) is 35.3 Å². The minimum absolute atomic E-state index is 0.0411. The summed E-state index contributed by atoms with van der Waals surface area (Å²) in [7, 11) is -4.70. The van der Waals surface area contributed by atoms with E-state index in [4.69, 9.17) is 9.47 Å². The van der Waals surface area contributed by atoms with Crippen LogP contribution in [0.4, 0.5) is 0 Å². The Hall–Kier alpha value is -3.89. The average Bonchev–Trinajstić information content (AvgIpc) is 3.16. The molecule has 0 atom stereocenters. The summed E-state index contributed by atoms with van der Waals surface area (Å²) in [6.45, 7) is 27.7. The Morgan fingerprint density at radius 1 is 0.571 bits per heavy atom. The molecule has 10 heteroatoms. The van der Waals surface area contributed by atoms with Gasteiger partial charge in [0.25, 0.3) is 21.9 Å². The molecule has 0 fully saturated rings. The number of amides is 2. The maximum Gasteiger partial charge on any atom is 0.294 e. The highest BCUT2D eigenvalue weighted by Gasteiger charge is 2.28. The van der Waals surface area contributed by atoms with E-state index in [0.717, 1.165) is 60.4 Å². The van der Waals surface area contributed by atoms with E-state index in [1.165, 1.54) is 17.2 Å². The first-order chi connectivity index (χ1) is 26.0. The molecule has 0 aromatic heterocycles. The topological polar surface area (TPSA) is 131 Å². The maximum absolute atomic E-state index is 13.2. The summed E-state index contributed by atoms with van der Waals surface area (Å²) in [5.41, 5.74) is 4.62. The molecule has 3 rings (SSSR count). The number of nitrogens with one attached hydrogen (secondary N) is 2. The molecule has 3 aromatic rings. The van der Waals surface area contributed by atoms with Crippen molar-refractivity contribution < 1.29 is 32.0 Å². The molecule has 0 unspecified atom stereocenters. The van der Waals surface area contributed by atoms with E-state index in [0.29, 0.717) is 26.1 Å². The van der Waals surface area contributed by atoms with Crippen LogP contribution in [-0.4, -0.2) is 51.1 Å². The highest BCUT2D eigenvalue weighted by atomic mass is 32.2. The molecule has 0 spiro atoms. The van der Waals surface area contributed by atoms with Gasteiger partial charge in [-0.1, -0.05) is 107 Å². The number of benzene rings is 3. The molecule has 3 aromatic carbocycles. The molecular formula is C46H68N2O7S. The van der Waals surface area contributed by atoms with Crippen molar-refractivity contribution in [2.75, 3.05) is 26.3 Å². The molecule has 9 nitrogen and oxygen atoms in total. The summed E-state index contributed by atoms with van der Waals surface area (Å²) in [5.74, 6) is 0.488. The fourth-order valence-corrected chi connectivity index (χ4v) is 6.68. The molecule has 3 N–H and O–H groups in total. The van der Waals surface area contributed by atoms with Gasteiger partial charge in [-0.2, -0.15) is 8.42 Å². The average molecular weight is 793 g/mol. The van der Waals surface area contributed by atoms with Crippen molar-refractivity contribution in [2.45, 2.75) is 148 Å². The summed E-state index contributed by atoms with van der Waals surface area (Å²) in [4.78, 5) is 25.8. The minimum atomic E-state index is -4.70. The Kier molecular flexibility index (Phi) is 15.8. The monoisotopic (exact) mass is 792 g/mol. The SMILES string of the molecule is CCC(C)(C)c1ccc(OCCCNC(=O)c2cc(C(=O)NCCCOc3ccc(C(C)(C)CC)cc3C(C)(C)CC)cc(S(=O)(=O)O)c2)c(C(C)(C)CC)c1. The third-order valence-electron chi connectivity index (χ3n) is 12.0. The van der Waals surface area contributed by atoms with E-state index in [9.17, 15) is 22.6 Å². The van der Waals surface area contributed by atoms with E-state index in [2.05, 4.69) is 118 Å². The summed E-state index contributed by atoms with van der Waals surface area (Å²) in [5, 5.41) is 5.58. The second-order valence-electron chi connectivity index (χ2n) is 17.5. The second kappa shape index (κ2) is 19.0. The first-order valence-electron chi connectivity index (χ1n) is 20.3. The molecule has 0 bridgehead atoms. The van der Waals surface area contributed by atoms with Crippen LogP contribution in [0, 0.1) is 0 Å². The van der Waals surface area contributed by atoms with Crippen LogP contribution in [0.5, 0.6) is 11.5 Å². The van der Waals surface area contributed by atoms with Gasteiger partial charge in [-0.3, -0.25) is 14.1 Å². The lowest BCUT2D eigenvalue weighted by Gasteiger charge is -2.30. The summed E-state index contributed by atoms with van der Waals surface area (Å²) < 4.78 is 46.6. The van der Waals surface area contributed by atoms with Crippen molar-refractivity contribution in [3.05, 3.63) is 88.0 Å². The van der Waals surface area contributed by atoms with Gasteiger partial charge < -0.3 is 20.1 Å². The maximum atomic E-state index is 13.2. The second-order valence-corrected chi connectivity index (χ2v) is 18.9. The van der Waals surface area contributed by atoms with Gasteiger partial charge in [-0.15, -0.1) is 0 Å². The Labute approximate surface area is 337 Å². The first kappa shape index (κ1) is 46.5. The Balaban J connectivity index is 1.63. The highest BCUT2D eigenvalue weighted by Crippen LogP contribution is 2.40. The largest absolute Gasteiger partial charge is 0.493 e. The molecule has 310 valence electrons. The number of ether oxygens (including phenoxy) is 2. The molecule has 0 saturated carbocycles. The number of carbonyl (C=O) groups is 2. The molecule has 0 saturated heterocycles. The van der Waals surface area contributed by atoms with Crippen LogP contribution in [0.25, 0.3) is 0 Å². The standard InChI is InChI=1S/C46H68N2O7S/c1-13-43(5,6)34-19-21-39(37(30-34)45(9,10)15-3)54-25-17-23-47-41(49)32-27-33(29-36(28-32)56(51,52)53)42(50)48-24-18-26-55-40-22-20-35(44(7,8)14-2)31-38(40)46(11,12)16-4/h19-22,27-31H,13-18,23-26H2,1-12H3,(H,47,49)(H,48,50)(H,51,52,53). The van der Waals surface area contributed by atoms with Gasteiger partial charge in [0.05, 0.1) is 18.1 Å².